The molecule has 0 aromatic heterocycles. The number of nitrogens with zero attached hydrogens (tertiary/aromatic N) is 1. The third kappa shape index (κ3) is 2.55. The Morgan fingerprint density at radius 1 is 1.50 bits per heavy atom. The van der Waals surface area contributed by atoms with E-state index in [4.69, 9.17) is 4.74 Å². The van der Waals surface area contributed by atoms with Gasteiger partial charge in [0.25, 0.3) is 0 Å². The number of hydrogen-bond acceptors (Lipinski definition) is 4. The first-order chi connectivity index (χ1) is 6.77. The van der Waals surface area contributed by atoms with E-state index in [1.54, 1.807) is 17.6 Å². The van der Waals surface area contributed by atoms with E-state index in [1.165, 1.54) is 0 Å². The van der Waals surface area contributed by atoms with Crippen molar-refractivity contribution in [1.29, 1.82) is 0 Å². The first kappa shape index (κ1) is 10.2. The lowest BCUT2D eigenvalue weighted by Crippen LogP contribution is -2.21. The molecule has 1 aromatic rings. The second-order valence-electron chi connectivity index (χ2n) is 2.55. The minimum absolute atomic E-state index is 0.441. The fraction of sp³-hybridized carbons (Fsp3) is 0.222. The van der Waals surface area contributed by atoms with E-state index >= 15 is 0 Å². The van der Waals surface area contributed by atoms with E-state index in [-0.39, 0.29) is 0 Å². The van der Waals surface area contributed by atoms with Gasteiger partial charge in [0.1, 0.15) is 5.75 Å². The molecule has 5 heteroatoms. The molecule has 0 radical (unpaired) electrons. The van der Waals surface area contributed by atoms with Crippen LogP contribution in [0.3, 0.4) is 0 Å². The third-order valence-corrected chi connectivity index (χ3v) is 1.69. The van der Waals surface area contributed by atoms with E-state index in [2.05, 4.69) is 5.29 Å². The van der Waals surface area contributed by atoms with Gasteiger partial charge in [-0.15, -0.1) is 4.91 Å². The number of amides is 1. The summed E-state index contributed by atoms with van der Waals surface area (Å²) >= 11 is 0. The van der Waals surface area contributed by atoms with Gasteiger partial charge < -0.3 is 4.74 Å². The van der Waals surface area contributed by atoms with Crippen molar-refractivity contribution in [2.45, 2.75) is 13.3 Å². The van der Waals surface area contributed by atoms with Gasteiger partial charge in [0, 0.05) is 0 Å². The Balaban J connectivity index is 2.74. The fourth-order valence-corrected chi connectivity index (χ4v) is 1.06. The normalized spacial score (nSPS) is 9.21. The lowest BCUT2D eigenvalue weighted by atomic mass is 10.1. The molecule has 0 saturated carbocycles. The molecular formula is C9H10N2O3. The van der Waals surface area contributed by atoms with Crippen LogP contribution in [-0.2, 0) is 6.42 Å². The van der Waals surface area contributed by atoms with Gasteiger partial charge >= 0.3 is 6.09 Å². The molecule has 0 aliphatic carbocycles. The summed E-state index contributed by atoms with van der Waals surface area (Å²) in [6.45, 7) is 1.94. The second-order valence-corrected chi connectivity index (χ2v) is 2.55. The van der Waals surface area contributed by atoms with E-state index < -0.39 is 6.09 Å². The molecule has 0 atom stereocenters. The molecule has 1 N–H and O–H groups in total. The zero-order chi connectivity index (χ0) is 10.4. The lowest BCUT2D eigenvalue weighted by Gasteiger charge is -2.06. The van der Waals surface area contributed by atoms with Gasteiger partial charge in [-0.3, -0.25) is 0 Å². The van der Waals surface area contributed by atoms with Crippen LogP contribution < -0.4 is 10.2 Å². The lowest BCUT2D eigenvalue weighted by molar-refractivity contribution is 0.200. The summed E-state index contributed by atoms with van der Waals surface area (Å²) in [5, 5.41) is 2.21. The topological polar surface area (TPSA) is 67.8 Å². The first-order valence-corrected chi connectivity index (χ1v) is 4.16. The van der Waals surface area contributed by atoms with Crippen LogP contribution in [-0.4, -0.2) is 6.09 Å². The molecule has 0 aliphatic rings. The number of rotatable bonds is 3. The molecule has 0 bridgehead atoms. The summed E-state index contributed by atoms with van der Waals surface area (Å²) in [4.78, 5) is 20.6. The Labute approximate surface area is 81.0 Å². The van der Waals surface area contributed by atoms with Crippen molar-refractivity contribution in [3.63, 3.8) is 0 Å². The van der Waals surface area contributed by atoms with Crippen molar-refractivity contribution in [3.05, 3.63) is 34.7 Å². The van der Waals surface area contributed by atoms with Crippen molar-refractivity contribution < 1.29 is 9.53 Å². The Hall–Kier alpha value is -1.91. The fourth-order valence-electron chi connectivity index (χ4n) is 1.06. The third-order valence-electron chi connectivity index (χ3n) is 1.69. The minimum atomic E-state index is -0.874. The maximum atomic E-state index is 10.9. The zero-order valence-corrected chi connectivity index (χ0v) is 7.69. The predicted molar refractivity (Wildman–Crippen MR) is 50.8 cm³/mol. The molecule has 0 heterocycles. The van der Waals surface area contributed by atoms with Crippen LogP contribution in [0.1, 0.15) is 12.5 Å². The summed E-state index contributed by atoms with van der Waals surface area (Å²) in [5.41, 5.74) is 2.55. The van der Waals surface area contributed by atoms with Crippen molar-refractivity contribution in [3.8, 4) is 5.75 Å². The zero-order valence-electron chi connectivity index (χ0n) is 7.69. The number of aryl methyl sites for hydroxylation is 1. The molecule has 0 spiro atoms. The highest BCUT2D eigenvalue weighted by molar-refractivity contribution is 5.70. The van der Waals surface area contributed by atoms with Gasteiger partial charge in [-0.1, -0.05) is 25.1 Å². The number of benzene rings is 1. The number of carbonyl (C=O) groups is 1. The van der Waals surface area contributed by atoms with Crippen LogP contribution in [0.4, 0.5) is 4.79 Å². The molecular weight excluding hydrogens is 184 g/mol. The van der Waals surface area contributed by atoms with Gasteiger partial charge in [-0.25, -0.2) is 4.79 Å². The smallest absolute Gasteiger partial charge is 0.409 e. The Morgan fingerprint density at radius 2 is 2.21 bits per heavy atom. The van der Waals surface area contributed by atoms with E-state index in [0.29, 0.717) is 5.75 Å². The van der Waals surface area contributed by atoms with E-state index in [9.17, 15) is 9.70 Å². The Kier molecular flexibility index (Phi) is 3.60. The summed E-state index contributed by atoms with van der Waals surface area (Å²) in [6.07, 6.45) is -0.126. The van der Waals surface area contributed by atoms with E-state index in [0.717, 1.165) is 12.0 Å². The van der Waals surface area contributed by atoms with Crippen LogP contribution in [0.2, 0.25) is 0 Å². The average Bonchev–Trinajstić information content (AvgIpc) is 2.19. The molecule has 1 amide bonds. The van der Waals surface area contributed by atoms with Crippen LogP contribution >= 0.6 is 0 Å². The maximum absolute atomic E-state index is 10.9. The second kappa shape index (κ2) is 4.96. The highest BCUT2D eigenvalue weighted by Crippen LogP contribution is 2.18. The van der Waals surface area contributed by atoms with E-state index in [1.807, 2.05) is 19.1 Å². The Morgan fingerprint density at radius 3 is 2.86 bits per heavy atom. The number of hydrogen-bond donors (Lipinski definition) is 1. The highest BCUT2D eigenvalue weighted by Gasteiger charge is 2.06. The van der Waals surface area contributed by atoms with Gasteiger partial charge in [0.15, 0.2) is 0 Å². The van der Waals surface area contributed by atoms with Gasteiger partial charge in [-0.2, -0.15) is 5.43 Å². The quantitative estimate of drug-likeness (QED) is 0.591. The SMILES string of the molecule is CCc1ccccc1OC(=O)NN=O. The van der Waals surface area contributed by atoms with Gasteiger partial charge in [0.05, 0.1) is 5.29 Å². The number of nitrogens with one attached hydrogen (secondary N) is 1. The summed E-state index contributed by atoms with van der Waals surface area (Å²) in [5.74, 6) is 0.441. The minimum Gasteiger partial charge on any atom is -0.409 e. The number of ether oxygens (including phenoxy) is 1. The molecule has 14 heavy (non-hydrogen) atoms. The number of nitroso groups, excluding NO2 is 1. The molecule has 74 valence electrons. The van der Waals surface area contributed by atoms with Crippen LogP contribution in [0.25, 0.3) is 0 Å². The summed E-state index contributed by atoms with van der Waals surface area (Å²) in [7, 11) is 0. The van der Waals surface area contributed by atoms with Crippen molar-refractivity contribution in [2.75, 3.05) is 0 Å². The van der Waals surface area contributed by atoms with Crippen LogP contribution in [0, 0.1) is 4.91 Å². The molecule has 0 saturated heterocycles. The van der Waals surface area contributed by atoms with Gasteiger partial charge in [0.2, 0.25) is 0 Å². The average molecular weight is 194 g/mol. The molecule has 0 fully saturated rings. The van der Waals surface area contributed by atoms with Crippen LogP contribution in [0.5, 0.6) is 5.75 Å². The van der Waals surface area contributed by atoms with Gasteiger partial charge in [-0.05, 0) is 18.1 Å². The summed E-state index contributed by atoms with van der Waals surface area (Å²) in [6, 6.07) is 7.10. The van der Waals surface area contributed by atoms with Crippen molar-refractivity contribution in [2.24, 2.45) is 5.29 Å². The molecule has 0 unspecified atom stereocenters. The predicted octanol–water partition coefficient (Wildman–Crippen LogP) is 2.02. The monoisotopic (exact) mass is 194 g/mol. The van der Waals surface area contributed by atoms with Crippen LogP contribution in [0.15, 0.2) is 29.6 Å². The number of para-hydroxylation sites is 1. The molecule has 1 aromatic carbocycles. The molecule has 5 nitrogen and oxygen atoms in total. The largest absolute Gasteiger partial charge is 0.435 e. The summed E-state index contributed by atoms with van der Waals surface area (Å²) < 4.78 is 4.83. The first-order valence-electron chi connectivity index (χ1n) is 4.16. The Bertz CT molecular complexity index is 339. The number of carbonyl (C=O) groups excluding carboxylic acids is 1. The van der Waals surface area contributed by atoms with Crippen molar-refractivity contribution in [1.82, 2.24) is 5.43 Å². The standard InChI is InChI=1S/C9H10N2O3/c1-2-7-5-3-4-6-8(7)14-9(12)10-11-13/h3-6H,2H2,1H3,(H,10,12,13). The highest BCUT2D eigenvalue weighted by atomic mass is 16.6. The van der Waals surface area contributed by atoms with Crippen molar-refractivity contribution >= 4 is 6.09 Å². The maximum Gasteiger partial charge on any atom is 0.435 e. The molecule has 0 aliphatic heterocycles. The molecule has 1 rings (SSSR count).